The maximum absolute atomic E-state index is 4.75. The molecule has 4 heterocycles. The Bertz CT molecular complexity index is 1080. The fraction of sp³-hybridized carbons (Fsp3) is 0.238. The van der Waals surface area contributed by atoms with Crippen LogP contribution >= 0.6 is 0 Å². The van der Waals surface area contributed by atoms with Crippen molar-refractivity contribution in [3.05, 3.63) is 61.1 Å². The highest BCUT2D eigenvalue weighted by Gasteiger charge is 2.14. The Hall–Kier alpha value is -3.52. The van der Waals surface area contributed by atoms with E-state index in [4.69, 9.17) is 5.10 Å². The van der Waals surface area contributed by atoms with Crippen LogP contribution in [0.3, 0.4) is 0 Å². The quantitative estimate of drug-likeness (QED) is 0.485. The van der Waals surface area contributed by atoms with Gasteiger partial charge in [0.15, 0.2) is 5.65 Å². The third kappa shape index (κ3) is 3.88. The van der Waals surface area contributed by atoms with E-state index >= 15 is 0 Å². The maximum Gasteiger partial charge on any atom is 0.227 e. The van der Waals surface area contributed by atoms with Crippen LogP contribution in [-0.2, 0) is 0 Å². The lowest BCUT2D eigenvalue weighted by Gasteiger charge is -2.24. The number of anilines is 3. The van der Waals surface area contributed by atoms with Crippen LogP contribution in [0.15, 0.2) is 61.1 Å². The summed E-state index contributed by atoms with van der Waals surface area (Å²) >= 11 is 0. The normalized spacial score (nSPS) is 14.8. The van der Waals surface area contributed by atoms with Crippen molar-refractivity contribution in [2.45, 2.75) is 18.9 Å². The number of imidazole rings is 1. The van der Waals surface area contributed by atoms with Gasteiger partial charge >= 0.3 is 0 Å². The number of para-hydroxylation sites is 1. The zero-order valence-corrected chi connectivity index (χ0v) is 15.9. The third-order valence-corrected chi connectivity index (χ3v) is 5.03. The largest absolute Gasteiger partial charge is 0.366 e. The molecule has 5 rings (SSSR count). The molecular formula is C21H22N8. The molecule has 1 aliphatic rings. The van der Waals surface area contributed by atoms with Crippen LogP contribution in [0.5, 0.6) is 0 Å². The van der Waals surface area contributed by atoms with Crippen LogP contribution in [0.25, 0.3) is 16.9 Å². The first-order valence-corrected chi connectivity index (χ1v) is 9.82. The van der Waals surface area contributed by atoms with Gasteiger partial charge in [0, 0.05) is 29.7 Å². The van der Waals surface area contributed by atoms with Crippen molar-refractivity contribution >= 4 is 23.1 Å². The highest BCUT2D eigenvalue weighted by Crippen LogP contribution is 2.21. The lowest BCUT2D eigenvalue weighted by molar-refractivity contribution is 0.477. The van der Waals surface area contributed by atoms with E-state index in [1.807, 2.05) is 47.0 Å². The first-order chi connectivity index (χ1) is 14.3. The molecule has 3 aromatic heterocycles. The number of hydrogen-bond acceptors (Lipinski definition) is 7. The number of benzene rings is 1. The summed E-state index contributed by atoms with van der Waals surface area (Å²) in [4.78, 5) is 13.3. The third-order valence-electron chi connectivity index (χ3n) is 5.03. The van der Waals surface area contributed by atoms with Gasteiger partial charge < -0.3 is 16.0 Å². The molecule has 1 aliphatic heterocycles. The fourth-order valence-corrected chi connectivity index (χ4v) is 3.50. The Morgan fingerprint density at radius 3 is 2.48 bits per heavy atom. The maximum atomic E-state index is 4.75. The molecule has 4 aromatic rings. The van der Waals surface area contributed by atoms with Crippen molar-refractivity contribution in [3.63, 3.8) is 0 Å². The number of nitrogens with zero attached hydrogens (tertiary/aromatic N) is 5. The molecular weight excluding hydrogens is 364 g/mol. The lowest BCUT2D eigenvalue weighted by Crippen LogP contribution is -2.35. The lowest BCUT2D eigenvalue weighted by atomic mass is 10.1. The zero-order chi connectivity index (χ0) is 19.5. The first-order valence-electron chi connectivity index (χ1n) is 9.82. The Kier molecular flexibility index (Phi) is 4.75. The second-order valence-electron chi connectivity index (χ2n) is 7.09. The van der Waals surface area contributed by atoms with Crippen molar-refractivity contribution < 1.29 is 0 Å². The minimum atomic E-state index is 0.444. The predicted molar refractivity (Wildman–Crippen MR) is 113 cm³/mol. The average Bonchev–Trinajstić information content (AvgIpc) is 3.19. The van der Waals surface area contributed by atoms with Crippen LogP contribution in [0.2, 0.25) is 0 Å². The monoisotopic (exact) mass is 386 g/mol. The summed E-state index contributed by atoms with van der Waals surface area (Å²) in [6.45, 7) is 2.08. The number of nitrogens with one attached hydrogen (secondary N) is 3. The standard InChI is InChI=1S/C21H22N8/c1-2-4-16(5-3-1)27-21-24-12-15(13-25-21)18-14-23-20-7-6-19(28-29(18)20)26-17-8-10-22-11-9-17/h1-7,12-14,17,22H,8-11H2,(H,26,28)(H,24,25,27). The van der Waals surface area contributed by atoms with Crippen LogP contribution in [0.1, 0.15) is 12.8 Å². The smallest absolute Gasteiger partial charge is 0.227 e. The van der Waals surface area contributed by atoms with E-state index in [-0.39, 0.29) is 0 Å². The molecule has 3 N–H and O–H groups in total. The molecule has 0 radical (unpaired) electrons. The molecule has 8 nitrogen and oxygen atoms in total. The topological polar surface area (TPSA) is 92.1 Å². The van der Waals surface area contributed by atoms with E-state index in [2.05, 4.69) is 30.9 Å². The number of aromatic nitrogens is 5. The summed E-state index contributed by atoms with van der Waals surface area (Å²) in [6, 6.07) is 14.3. The molecule has 8 heteroatoms. The van der Waals surface area contributed by atoms with Crippen molar-refractivity contribution in [1.82, 2.24) is 29.9 Å². The van der Waals surface area contributed by atoms with E-state index < -0.39 is 0 Å². The molecule has 0 atom stereocenters. The number of fused-ring (bicyclic) bond motifs is 1. The van der Waals surface area contributed by atoms with Crippen LogP contribution in [-0.4, -0.2) is 43.7 Å². The molecule has 0 bridgehead atoms. The van der Waals surface area contributed by atoms with Crippen LogP contribution < -0.4 is 16.0 Å². The van der Waals surface area contributed by atoms with Crippen molar-refractivity contribution in [2.75, 3.05) is 23.7 Å². The summed E-state index contributed by atoms with van der Waals surface area (Å²) in [5.41, 5.74) is 3.47. The van der Waals surface area contributed by atoms with E-state index in [9.17, 15) is 0 Å². The highest BCUT2D eigenvalue weighted by molar-refractivity contribution is 5.63. The Labute approximate surface area is 168 Å². The molecule has 146 valence electrons. The summed E-state index contributed by atoms with van der Waals surface area (Å²) in [5.74, 6) is 1.40. The van der Waals surface area contributed by atoms with Gasteiger partial charge in [-0.1, -0.05) is 18.2 Å². The summed E-state index contributed by atoms with van der Waals surface area (Å²) in [6.07, 6.45) is 7.58. The minimum Gasteiger partial charge on any atom is -0.366 e. The van der Waals surface area contributed by atoms with Gasteiger partial charge in [-0.2, -0.15) is 0 Å². The van der Waals surface area contributed by atoms with Gasteiger partial charge in [0.25, 0.3) is 0 Å². The fourth-order valence-electron chi connectivity index (χ4n) is 3.50. The zero-order valence-electron chi connectivity index (χ0n) is 15.9. The van der Waals surface area contributed by atoms with Crippen molar-refractivity contribution in [3.8, 4) is 11.3 Å². The van der Waals surface area contributed by atoms with Crippen LogP contribution in [0.4, 0.5) is 17.5 Å². The summed E-state index contributed by atoms with van der Waals surface area (Å²) in [5, 5.41) is 14.9. The van der Waals surface area contributed by atoms with Gasteiger partial charge in [0.1, 0.15) is 5.82 Å². The molecule has 0 unspecified atom stereocenters. The Morgan fingerprint density at radius 2 is 1.69 bits per heavy atom. The number of piperidine rings is 1. The van der Waals surface area contributed by atoms with Gasteiger partial charge in [-0.05, 0) is 50.2 Å². The molecule has 0 saturated carbocycles. The minimum absolute atomic E-state index is 0.444. The van der Waals surface area contributed by atoms with Gasteiger partial charge in [0.05, 0.1) is 11.9 Å². The molecule has 0 aliphatic carbocycles. The van der Waals surface area contributed by atoms with E-state index in [1.165, 1.54) is 0 Å². The van der Waals surface area contributed by atoms with E-state index in [0.717, 1.165) is 54.3 Å². The number of hydrogen-bond donors (Lipinski definition) is 3. The molecule has 29 heavy (non-hydrogen) atoms. The Morgan fingerprint density at radius 1 is 0.897 bits per heavy atom. The molecule has 1 saturated heterocycles. The first kappa shape index (κ1) is 17.6. The van der Waals surface area contributed by atoms with Crippen LogP contribution in [0, 0.1) is 0 Å². The molecule has 1 fully saturated rings. The predicted octanol–water partition coefficient (Wildman–Crippen LogP) is 3.09. The van der Waals surface area contributed by atoms with Crippen molar-refractivity contribution in [1.29, 1.82) is 0 Å². The average molecular weight is 386 g/mol. The van der Waals surface area contributed by atoms with Crippen molar-refractivity contribution in [2.24, 2.45) is 0 Å². The molecule has 1 aromatic carbocycles. The Balaban J connectivity index is 1.38. The van der Waals surface area contributed by atoms with Gasteiger partial charge in [-0.15, -0.1) is 5.10 Å². The second-order valence-corrected chi connectivity index (χ2v) is 7.09. The molecule has 0 amide bonds. The van der Waals surface area contributed by atoms with Gasteiger partial charge in [-0.3, -0.25) is 0 Å². The summed E-state index contributed by atoms with van der Waals surface area (Å²) < 4.78 is 1.84. The summed E-state index contributed by atoms with van der Waals surface area (Å²) in [7, 11) is 0. The van der Waals surface area contributed by atoms with Gasteiger partial charge in [-0.25, -0.2) is 19.5 Å². The van der Waals surface area contributed by atoms with E-state index in [0.29, 0.717) is 12.0 Å². The van der Waals surface area contributed by atoms with E-state index in [1.54, 1.807) is 18.6 Å². The molecule has 0 spiro atoms. The second kappa shape index (κ2) is 7.84. The highest BCUT2D eigenvalue weighted by atomic mass is 15.3. The SMILES string of the molecule is c1ccc(Nc2ncc(-c3cnc4ccc(NC5CCNCC5)nn34)cn2)cc1. The number of rotatable bonds is 5. The van der Waals surface area contributed by atoms with Gasteiger partial charge in [0.2, 0.25) is 5.95 Å².